The molecule has 3 atom stereocenters. The number of hydrogen-bond donors (Lipinski definition) is 3. The minimum absolute atomic E-state index is 0.0282. The second kappa shape index (κ2) is 11.6. The van der Waals surface area contributed by atoms with E-state index < -0.39 is 33.0 Å². The minimum atomic E-state index is -3.71. The number of amides is 1. The van der Waals surface area contributed by atoms with Crippen molar-refractivity contribution in [2.45, 2.75) is 38.1 Å². The summed E-state index contributed by atoms with van der Waals surface area (Å²) in [6.07, 6.45) is 0.533. The van der Waals surface area contributed by atoms with Crippen LogP contribution in [-0.4, -0.2) is 65.9 Å². The lowest BCUT2D eigenvalue weighted by molar-refractivity contribution is -0.121. The van der Waals surface area contributed by atoms with Gasteiger partial charge in [0.05, 0.1) is 18.8 Å². The molecule has 42 heavy (non-hydrogen) atoms. The number of aromatic nitrogens is 1. The molecule has 3 unspecified atom stereocenters. The van der Waals surface area contributed by atoms with Crippen molar-refractivity contribution in [2.24, 2.45) is 5.92 Å². The summed E-state index contributed by atoms with van der Waals surface area (Å²) in [7, 11) is -2.35. The predicted molar refractivity (Wildman–Crippen MR) is 152 cm³/mol. The number of nitrogens with one attached hydrogen (secondary N) is 1. The number of hydrogen-bond acceptors (Lipinski definition) is 9. The van der Waals surface area contributed by atoms with Gasteiger partial charge in [0.1, 0.15) is 5.76 Å². The van der Waals surface area contributed by atoms with Gasteiger partial charge in [0, 0.05) is 56.3 Å². The van der Waals surface area contributed by atoms with E-state index in [0.717, 1.165) is 18.2 Å². The number of sulfonamides is 1. The maximum atomic E-state index is 13.3. The van der Waals surface area contributed by atoms with E-state index in [9.17, 15) is 33.0 Å². The molecule has 1 fully saturated rings. The van der Waals surface area contributed by atoms with Crippen molar-refractivity contribution in [1.29, 1.82) is 0 Å². The maximum absolute atomic E-state index is 13.3. The van der Waals surface area contributed by atoms with E-state index in [2.05, 4.69) is 5.32 Å². The molecule has 1 aromatic carbocycles. The molecule has 2 aliphatic heterocycles. The molecule has 5 rings (SSSR count). The Labute approximate surface area is 242 Å². The number of phenols is 1. The van der Waals surface area contributed by atoms with Gasteiger partial charge in [-0.1, -0.05) is 12.1 Å². The van der Waals surface area contributed by atoms with Gasteiger partial charge in [-0.05, 0) is 43.0 Å². The SMILES string of the molecule is COc1cc(C(CC(=O)NCCS(=O)(=O)N2CC3CC(C2)c2cccc(=O)n2C3)c2oc(C)cc(=O)c2O)ccc1O. The van der Waals surface area contributed by atoms with Gasteiger partial charge in [0.25, 0.3) is 5.56 Å². The largest absolute Gasteiger partial charge is 0.504 e. The highest BCUT2D eigenvalue weighted by atomic mass is 32.2. The maximum Gasteiger partial charge on any atom is 0.250 e. The van der Waals surface area contributed by atoms with Gasteiger partial charge in [0.2, 0.25) is 27.1 Å². The van der Waals surface area contributed by atoms with Crippen molar-refractivity contribution in [3.63, 3.8) is 0 Å². The van der Waals surface area contributed by atoms with E-state index in [-0.39, 0.29) is 65.7 Å². The van der Waals surface area contributed by atoms with Gasteiger partial charge < -0.3 is 29.3 Å². The van der Waals surface area contributed by atoms with E-state index >= 15 is 0 Å². The van der Waals surface area contributed by atoms with Gasteiger partial charge >= 0.3 is 0 Å². The number of carbonyl (C=O) groups excluding carboxylic acids is 1. The van der Waals surface area contributed by atoms with Crippen LogP contribution in [0, 0.1) is 12.8 Å². The van der Waals surface area contributed by atoms with Crippen molar-refractivity contribution in [3.8, 4) is 17.2 Å². The van der Waals surface area contributed by atoms with Crippen LogP contribution in [0.4, 0.5) is 0 Å². The van der Waals surface area contributed by atoms with E-state index in [1.807, 2.05) is 6.07 Å². The molecule has 1 saturated heterocycles. The molecule has 0 saturated carbocycles. The van der Waals surface area contributed by atoms with Crippen LogP contribution in [0.2, 0.25) is 0 Å². The molecule has 224 valence electrons. The number of nitrogens with zero attached hydrogens (tertiary/aromatic N) is 2. The number of aryl methyl sites for hydroxylation is 1. The van der Waals surface area contributed by atoms with Crippen molar-refractivity contribution in [1.82, 2.24) is 14.2 Å². The summed E-state index contributed by atoms with van der Waals surface area (Å²) < 4.78 is 40.5. The van der Waals surface area contributed by atoms with Crippen molar-refractivity contribution >= 4 is 15.9 Å². The highest BCUT2D eigenvalue weighted by molar-refractivity contribution is 7.89. The average molecular weight is 600 g/mol. The lowest BCUT2D eigenvalue weighted by atomic mass is 9.84. The standard InChI is InChI=1S/C29H33N3O9S/c1-17-10-24(34)28(37)29(41-17)21(19-6-7-23(33)25(12-19)40-2)13-26(35)30-8-9-42(38,39)31-14-18-11-20(16-31)22-4-3-5-27(36)32(22)15-18/h3-7,10,12,18,20-21,33,37H,8-9,11,13-16H2,1-2H3,(H,30,35). The molecule has 13 heteroatoms. The Hall–Kier alpha value is -4.10. The molecular formula is C29H33N3O9S. The van der Waals surface area contributed by atoms with Gasteiger partial charge in [-0.2, -0.15) is 0 Å². The number of piperidine rings is 1. The molecule has 2 aromatic heterocycles. The summed E-state index contributed by atoms with van der Waals surface area (Å²) in [5, 5.41) is 23.2. The summed E-state index contributed by atoms with van der Waals surface area (Å²) in [4.78, 5) is 37.6. The summed E-state index contributed by atoms with van der Waals surface area (Å²) in [6, 6.07) is 10.6. The molecule has 4 heterocycles. The molecule has 2 aliphatic rings. The molecule has 0 radical (unpaired) electrons. The fraction of sp³-hybridized carbons (Fsp3) is 0.414. The lowest BCUT2D eigenvalue weighted by Crippen LogP contribution is -2.50. The summed E-state index contributed by atoms with van der Waals surface area (Å²) >= 11 is 0. The van der Waals surface area contributed by atoms with E-state index in [1.54, 1.807) is 10.6 Å². The van der Waals surface area contributed by atoms with Crippen LogP contribution >= 0.6 is 0 Å². The number of carbonyl (C=O) groups is 1. The third kappa shape index (κ3) is 5.93. The zero-order valence-electron chi connectivity index (χ0n) is 23.3. The lowest BCUT2D eigenvalue weighted by Gasteiger charge is -2.42. The molecule has 0 aliphatic carbocycles. The number of fused-ring (bicyclic) bond motifs is 4. The first kappa shape index (κ1) is 29.4. The normalized spacial score (nSPS) is 19.1. The number of pyridine rings is 1. The number of ether oxygens (including phenoxy) is 1. The number of rotatable bonds is 9. The number of phenolic OH excluding ortho intramolecular Hbond substituents is 1. The summed E-state index contributed by atoms with van der Waals surface area (Å²) in [5.74, 6) is -2.39. The van der Waals surface area contributed by atoms with Crippen molar-refractivity contribution in [3.05, 3.63) is 85.8 Å². The molecule has 3 N–H and O–H groups in total. The monoisotopic (exact) mass is 599 g/mol. The quantitative estimate of drug-likeness (QED) is 0.331. The average Bonchev–Trinajstić information content (AvgIpc) is 2.94. The van der Waals surface area contributed by atoms with Crippen LogP contribution in [0.25, 0.3) is 0 Å². The van der Waals surface area contributed by atoms with Crippen LogP contribution in [0.1, 0.15) is 47.5 Å². The Morgan fingerprint density at radius 2 is 1.93 bits per heavy atom. The minimum Gasteiger partial charge on any atom is -0.504 e. The van der Waals surface area contributed by atoms with E-state index in [1.165, 1.54) is 42.6 Å². The fourth-order valence-electron chi connectivity index (χ4n) is 5.92. The zero-order chi connectivity index (χ0) is 30.2. The van der Waals surface area contributed by atoms with E-state index in [0.29, 0.717) is 18.7 Å². The van der Waals surface area contributed by atoms with Gasteiger partial charge in [-0.3, -0.25) is 14.4 Å². The van der Waals surface area contributed by atoms with Crippen molar-refractivity contribution in [2.75, 3.05) is 32.5 Å². The Morgan fingerprint density at radius 3 is 2.69 bits per heavy atom. The third-order valence-electron chi connectivity index (χ3n) is 7.91. The molecule has 3 aromatic rings. The highest BCUT2D eigenvalue weighted by Gasteiger charge is 2.38. The summed E-state index contributed by atoms with van der Waals surface area (Å²) in [6.45, 7) is 2.43. The van der Waals surface area contributed by atoms with Crippen LogP contribution < -0.4 is 21.0 Å². The fourth-order valence-corrected chi connectivity index (χ4v) is 7.38. The van der Waals surface area contributed by atoms with E-state index in [4.69, 9.17) is 9.15 Å². The summed E-state index contributed by atoms with van der Waals surface area (Å²) in [5.41, 5.74) is 0.518. The van der Waals surface area contributed by atoms with Crippen molar-refractivity contribution < 1.29 is 32.6 Å². The number of benzene rings is 1. The number of aromatic hydroxyl groups is 2. The topological polar surface area (TPSA) is 168 Å². The Bertz CT molecular complexity index is 1730. The Kier molecular flexibility index (Phi) is 8.15. The van der Waals surface area contributed by atoms with Crippen LogP contribution in [0.15, 0.2) is 56.5 Å². The second-order valence-electron chi connectivity index (χ2n) is 10.8. The molecule has 12 nitrogen and oxygen atoms in total. The first-order chi connectivity index (χ1) is 20.0. The molecular weight excluding hydrogens is 566 g/mol. The highest BCUT2D eigenvalue weighted by Crippen LogP contribution is 2.38. The van der Waals surface area contributed by atoms with Gasteiger partial charge in [0.15, 0.2) is 17.3 Å². The van der Waals surface area contributed by atoms with Gasteiger partial charge in [-0.15, -0.1) is 0 Å². The number of methoxy groups -OCH3 is 1. The van der Waals surface area contributed by atoms with Crippen LogP contribution in [0.3, 0.4) is 0 Å². The predicted octanol–water partition coefficient (Wildman–Crippen LogP) is 1.62. The van der Waals surface area contributed by atoms with Crippen LogP contribution in [-0.2, 0) is 21.4 Å². The molecule has 2 bridgehead atoms. The zero-order valence-corrected chi connectivity index (χ0v) is 24.1. The Balaban J connectivity index is 1.28. The first-order valence-electron chi connectivity index (χ1n) is 13.6. The third-order valence-corrected chi connectivity index (χ3v) is 9.71. The second-order valence-corrected chi connectivity index (χ2v) is 12.9. The first-order valence-corrected chi connectivity index (χ1v) is 15.2. The molecule has 1 amide bonds. The van der Waals surface area contributed by atoms with Crippen LogP contribution in [0.5, 0.6) is 17.2 Å². The molecule has 0 spiro atoms. The van der Waals surface area contributed by atoms with Gasteiger partial charge in [-0.25, -0.2) is 12.7 Å². The Morgan fingerprint density at radius 1 is 1.14 bits per heavy atom. The smallest absolute Gasteiger partial charge is 0.250 e.